The van der Waals surface area contributed by atoms with E-state index in [4.69, 9.17) is 4.42 Å². The van der Waals surface area contributed by atoms with Crippen molar-refractivity contribution in [2.75, 3.05) is 5.32 Å². The topological polar surface area (TPSA) is 96.7 Å². The van der Waals surface area contributed by atoms with Gasteiger partial charge in [0, 0.05) is 6.04 Å². The lowest BCUT2D eigenvalue weighted by molar-refractivity contribution is -0.115. The molecule has 0 bridgehead atoms. The van der Waals surface area contributed by atoms with Gasteiger partial charge < -0.3 is 9.73 Å². The number of amides is 1. The Morgan fingerprint density at radius 2 is 2.03 bits per heavy atom. The second-order valence-corrected chi connectivity index (χ2v) is 8.66. The van der Waals surface area contributed by atoms with Gasteiger partial charge >= 0.3 is 0 Å². The molecule has 0 radical (unpaired) electrons. The zero-order valence-corrected chi connectivity index (χ0v) is 17.6. The molecule has 3 aromatic rings. The molecule has 4 rings (SSSR count). The molecule has 0 spiro atoms. The van der Waals surface area contributed by atoms with Crippen LogP contribution in [-0.4, -0.2) is 25.9 Å². The summed E-state index contributed by atoms with van der Waals surface area (Å²) in [5.41, 5.74) is 0.955. The van der Waals surface area contributed by atoms with Crippen LogP contribution in [0.4, 0.5) is 5.69 Å². The molecular weight excluding hydrogens is 398 g/mol. The molecule has 1 fully saturated rings. The first kappa shape index (κ1) is 20.2. The largest absolute Gasteiger partial charge is 0.461 e. The maximum Gasteiger partial charge on any atom is 0.237 e. The lowest BCUT2D eigenvalue weighted by Gasteiger charge is -2.25. The number of furan rings is 1. The fraction of sp³-hybridized carbons (Fsp3) is 0.364. The van der Waals surface area contributed by atoms with Gasteiger partial charge in [-0.3, -0.25) is 9.36 Å². The van der Waals surface area contributed by atoms with Gasteiger partial charge in [-0.15, -0.1) is 10.2 Å². The summed E-state index contributed by atoms with van der Waals surface area (Å²) in [5.74, 6) is 1.21. The fourth-order valence-corrected chi connectivity index (χ4v) is 4.65. The third-order valence-electron chi connectivity index (χ3n) is 5.30. The van der Waals surface area contributed by atoms with Gasteiger partial charge in [0.25, 0.3) is 0 Å². The maximum atomic E-state index is 12.8. The summed E-state index contributed by atoms with van der Waals surface area (Å²) < 4.78 is 7.71. The van der Waals surface area contributed by atoms with Crippen molar-refractivity contribution in [1.29, 1.82) is 5.26 Å². The summed E-state index contributed by atoms with van der Waals surface area (Å²) in [6.07, 6.45) is 7.35. The monoisotopic (exact) mass is 421 g/mol. The molecule has 30 heavy (non-hydrogen) atoms. The highest BCUT2D eigenvalue weighted by molar-refractivity contribution is 8.00. The summed E-state index contributed by atoms with van der Waals surface area (Å²) in [4.78, 5) is 12.8. The fourth-order valence-electron chi connectivity index (χ4n) is 3.74. The van der Waals surface area contributed by atoms with Crippen LogP contribution in [-0.2, 0) is 4.79 Å². The summed E-state index contributed by atoms with van der Waals surface area (Å²) >= 11 is 1.38. The Morgan fingerprint density at radius 1 is 1.23 bits per heavy atom. The van der Waals surface area contributed by atoms with Gasteiger partial charge in [0.1, 0.15) is 6.07 Å². The number of nitriles is 1. The first-order chi connectivity index (χ1) is 14.7. The predicted molar refractivity (Wildman–Crippen MR) is 115 cm³/mol. The van der Waals surface area contributed by atoms with Crippen molar-refractivity contribution in [1.82, 2.24) is 14.8 Å². The van der Waals surface area contributed by atoms with E-state index in [-0.39, 0.29) is 5.91 Å². The van der Waals surface area contributed by atoms with Crippen molar-refractivity contribution in [2.45, 2.75) is 55.5 Å². The number of carbonyl (C=O) groups is 1. The number of nitrogens with zero attached hydrogens (tertiary/aromatic N) is 4. The van der Waals surface area contributed by atoms with E-state index in [2.05, 4.69) is 26.2 Å². The third kappa shape index (κ3) is 4.26. The molecule has 0 aliphatic heterocycles. The highest BCUT2D eigenvalue weighted by atomic mass is 32.2. The first-order valence-electron chi connectivity index (χ1n) is 10.1. The second-order valence-electron chi connectivity index (χ2n) is 7.35. The zero-order chi connectivity index (χ0) is 20.9. The van der Waals surface area contributed by atoms with Crippen LogP contribution >= 0.6 is 11.8 Å². The number of nitrogens with one attached hydrogen (secondary N) is 1. The Bertz CT molecular complexity index is 1050. The van der Waals surface area contributed by atoms with Crippen molar-refractivity contribution in [3.63, 3.8) is 0 Å². The number of aromatic nitrogens is 3. The van der Waals surface area contributed by atoms with E-state index in [1.807, 2.05) is 19.1 Å². The van der Waals surface area contributed by atoms with E-state index < -0.39 is 5.25 Å². The molecule has 2 aromatic heterocycles. The van der Waals surface area contributed by atoms with Gasteiger partial charge in [0.05, 0.1) is 22.8 Å². The van der Waals surface area contributed by atoms with E-state index in [0.717, 1.165) is 12.8 Å². The maximum absolute atomic E-state index is 12.8. The van der Waals surface area contributed by atoms with Crippen molar-refractivity contribution in [2.24, 2.45) is 0 Å². The van der Waals surface area contributed by atoms with Gasteiger partial charge in [0.2, 0.25) is 11.7 Å². The average Bonchev–Trinajstić information content (AvgIpc) is 3.44. The van der Waals surface area contributed by atoms with Crippen LogP contribution in [0.5, 0.6) is 0 Å². The zero-order valence-electron chi connectivity index (χ0n) is 16.7. The molecule has 1 amide bonds. The van der Waals surface area contributed by atoms with Crippen LogP contribution in [0, 0.1) is 11.3 Å². The van der Waals surface area contributed by atoms with Gasteiger partial charge in [0.15, 0.2) is 10.9 Å². The summed E-state index contributed by atoms with van der Waals surface area (Å²) in [7, 11) is 0. The lowest BCUT2D eigenvalue weighted by atomic mass is 9.95. The molecule has 1 N–H and O–H groups in total. The smallest absolute Gasteiger partial charge is 0.237 e. The van der Waals surface area contributed by atoms with Crippen molar-refractivity contribution in [3.8, 4) is 17.7 Å². The Hall–Kier alpha value is -3.05. The Balaban J connectivity index is 1.56. The van der Waals surface area contributed by atoms with Crippen LogP contribution in [0.15, 0.2) is 52.2 Å². The van der Waals surface area contributed by atoms with Crippen molar-refractivity contribution < 1.29 is 9.21 Å². The molecule has 0 unspecified atom stereocenters. The number of benzene rings is 1. The van der Waals surface area contributed by atoms with E-state index in [9.17, 15) is 10.1 Å². The molecule has 1 atom stereocenters. The minimum Gasteiger partial charge on any atom is -0.461 e. The van der Waals surface area contributed by atoms with Gasteiger partial charge in [-0.1, -0.05) is 43.2 Å². The van der Waals surface area contributed by atoms with Crippen molar-refractivity contribution in [3.05, 3.63) is 48.2 Å². The molecule has 8 heteroatoms. The van der Waals surface area contributed by atoms with E-state index in [1.165, 1.54) is 31.0 Å². The molecule has 2 heterocycles. The number of thioether (sulfide) groups is 1. The van der Waals surface area contributed by atoms with Crippen LogP contribution in [0.2, 0.25) is 0 Å². The Kier molecular flexibility index (Phi) is 6.19. The number of anilines is 1. The molecular formula is C22H23N5O2S. The quantitative estimate of drug-likeness (QED) is 0.561. The number of hydrogen-bond acceptors (Lipinski definition) is 6. The molecule has 1 saturated carbocycles. The van der Waals surface area contributed by atoms with Crippen LogP contribution in [0.1, 0.15) is 50.6 Å². The minimum atomic E-state index is -0.409. The molecule has 154 valence electrons. The first-order valence-corrected chi connectivity index (χ1v) is 11.0. The number of rotatable bonds is 6. The van der Waals surface area contributed by atoms with E-state index in [0.29, 0.717) is 34.0 Å². The SMILES string of the molecule is C[C@@H](Sc1nnc(-c2ccco2)n1C1CCCCC1)C(=O)Nc1ccccc1C#N. The van der Waals surface area contributed by atoms with Crippen molar-refractivity contribution >= 4 is 23.4 Å². The predicted octanol–water partition coefficient (Wildman–Crippen LogP) is 5.03. The van der Waals surface area contributed by atoms with Crippen LogP contribution < -0.4 is 5.32 Å². The summed E-state index contributed by atoms with van der Waals surface area (Å²) in [6, 6.07) is 13.1. The Labute approximate surface area is 179 Å². The lowest BCUT2D eigenvalue weighted by Crippen LogP contribution is -2.24. The van der Waals surface area contributed by atoms with E-state index in [1.54, 1.807) is 30.5 Å². The van der Waals surface area contributed by atoms with E-state index >= 15 is 0 Å². The third-order valence-corrected chi connectivity index (χ3v) is 6.36. The molecule has 1 aliphatic carbocycles. The summed E-state index contributed by atoms with van der Waals surface area (Å²) in [5, 5.41) is 21.2. The number of para-hydroxylation sites is 1. The summed E-state index contributed by atoms with van der Waals surface area (Å²) in [6.45, 7) is 1.83. The minimum absolute atomic E-state index is 0.180. The van der Waals surface area contributed by atoms with Gasteiger partial charge in [-0.05, 0) is 44.0 Å². The average molecular weight is 422 g/mol. The van der Waals surface area contributed by atoms with Gasteiger partial charge in [-0.25, -0.2) is 0 Å². The number of carbonyl (C=O) groups excluding carboxylic acids is 1. The Morgan fingerprint density at radius 3 is 2.77 bits per heavy atom. The van der Waals surface area contributed by atoms with Gasteiger partial charge in [-0.2, -0.15) is 5.26 Å². The van der Waals surface area contributed by atoms with Crippen LogP contribution in [0.25, 0.3) is 11.6 Å². The number of hydrogen-bond donors (Lipinski definition) is 1. The molecule has 7 nitrogen and oxygen atoms in total. The molecule has 0 saturated heterocycles. The standard InChI is InChI=1S/C22H23N5O2S/c1-15(21(28)24-18-11-6-5-8-16(18)14-23)30-22-26-25-20(19-12-7-13-29-19)27(22)17-9-3-2-4-10-17/h5-8,11-13,15,17H,2-4,9-10H2,1H3,(H,24,28)/t15-/m1/s1. The highest BCUT2D eigenvalue weighted by Crippen LogP contribution is 2.36. The normalized spacial score (nSPS) is 15.5. The molecule has 1 aromatic carbocycles. The van der Waals surface area contributed by atoms with Crippen LogP contribution in [0.3, 0.4) is 0 Å². The highest BCUT2D eigenvalue weighted by Gasteiger charge is 2.27. The molecule has 1 aliphatic rings. The second kappa shape index (κ2) is 9.18.